The first-order valence-corrected chi connectivity index (χ1v) is 7.13. The van der Waals surface area contributed by atoms with Gasteiger partial charge in [0.05, 0.1) is 0 Å². The van der Waals surface area contributed by atoms with Crippen molar-refractivity contribution in [3.8, 4) is 0 Å². The third-order valence-corrected chi connectivity index (χ3v) is 3.42. The van der Waals surface area contributed by atoms with Crippen LogP contribution in [0.2, 0.25) is 0 Å². The van der Waals surface area contributed by atoms with Crippen LogP contribution >= 0.6 is 11.6 Å². The lowest BCUT2D eigenvalue weighted by molar-refractivity contribution is 1.48. The number of rotatable bonds is 0. The minimum absolute atomic E-state index is 0.649. The van der Waals surface area contributed by atoms with E-state index in [4.69, 9.17) is 11.6 Å². The third-order valence-electron chi connectivity index (χ3n) is 3.20. The maximum atomic E-state index is 5.85. The van der Waals surface area contributed by atoms with E-state index in [1.807, 2.05) is 60.8 Å². The number of benzene rings is 2. The highest BCUT2D eigenvalue weighted by Crippen LogP contribution is 2.22. The van der Waals surface area contributed by atoms with Gasteiger partial charge < -0.3 is 10.3 Å². The Kier molecular flexibility index (Phi) is 4.08. The van der Waals surface area contributed by atoms with Crippen molar-refractivity contribution in [1.82, 2.24) is 4.98 Å². The van der Waals surface area contributed by atoms with Gasteiger partial charge in [-0.05, 0) is 35.2 Å². The van der Waals surface area contributed by atoms with E-state index >= 15 is 0 Å². The summed E-state index contributed by atoms with van der Waals surface area (Å²) in [6, 6.07) is 18.3. The molecule has 0 saturated heterocycles. The summed E-state index contributed by atoms with van der Waals surface area (Å²) in [6.45, 7) is 0. The molecule has 2 N–H and O–H groups in total. The Morgan fingerprint density at radius 2 is 1.67 bits per heavy atom. The fourth-order valence-electron chi connectivity index (χ4n) is 2.16. The average Bonchev–Trinajstić information content (AvgIpc) is 2.90. The summed E-state index contributed by atoms with van der Waals surface area (Å²) in [5, 5.41) is 5.01. The number of anilines is 1. The second-order valence-corrected chi connectivity index (χ2v) is 5.06. The molecular formula is C18H15ClN2. The number of fused-ring (bicyclic) bond motifs is 2. The van der Waals surface area contributed by atoms with Crippen molar-refractivity contribution in [1.29, 1.82) is 0 Å². The predicted octanol–water partition coefficient (Wildman–Crippen LogP) is 5.37. The predicted molar refractivity (Wildman–Crippen MR) is 91.3 cm³/mol. The van der Waals surface area contributed by atoms with E-state index in [0.717, 1.165) is 11.3 Å². The molecule has 0 fully saturated rings. The Hall–Kier alpha value is -2.45. The molecule has 0 saturated carbocycles. The summed E-state index contributed by atoms with van der Waals surface area (Å²) in [4.78, 5) is 3.12. The van der Waals surface area contributed by atoms with Crippen molar-refractivity contribution >= 4 is 34.3 Å². The van der Waals surface area contributed by atoms with Crippen molar-refractivity contribution in [3.63, 3.8) is 0 Å². The highest BCUT2D eigenvalue weighted by Gasteiger charge is 2.01. The van der Waals surface area contributed by atoms with Gasteiger partial charge in [-0.3, -0.25) is 0 Å². The first-order valence-electron chi connectivity index (χ1n) is 6.75. The summed E-state index contributed by atoms with van der Waals surface area (Å²) in [6.07, 6.45) is 7.74. The van der Waals surface area contributed by atoms with E-state index in [2.05, 4.69) is 28.5 Å². The molecule has 0 amide bonds. The van der Waals surface area contributed by atoms with Crippen LogP contribution in [0.1, 0.15) is 5.56 Å². The van der Waals surface area contributed by atoms with Crippen LogP contribution < -0.4 is 5.32 Å². The van der Waals surface area contributed by atoms with Gasteiger partial charge in [-0.2, -0.15) is 0 Å². The fraction of sp³-hybridized carbons (Fsp3) is 0. The molecule has 1 aliphatic heterocycles. The molecule has 0 aliphatic carbocycles. The van der Waals surface area contributed by atoms with Gasteiger partial charge in [-0.25, -0.2) is 0 Å². The SMILES string of the molecule is ClC1=CC=Cc2ccccc2N1.c1ccc2[nH]ccc2c1. The zero-order chi connectivity index (χ0) is 14.5. The second-order valence-electron chi connectivity index (χ2n) is 4.65. The summed E-state index contributed by atoms with van der Waals surface area (Å²) >= 11 is 5.85. The van der Waals surface area contributed by atoms with Gasteiger partial charge in [0.2, 0.25) is 0 Å². The second kappa shape index (κ2) is 6.33. The summed E-state index contributed by atoms with van der Waals surface area (Å²) < 4.78 is 0. The molecule has 104 valence electrons. The number of hydrogen-bond acceptors (Lipinski definition) is 1. The lowest BCUT2D eigenvalue weighted by Gasteiger charge is -2.05. The molecule has 1 aromatic heterocycles. The number of allylic oxidation sites excluding steroid dienone is 2. The Morgan fingerprint density at radius 3 is 2.57 bits per heavy atom. The number of hydrogen-bond donors (Lipinski definition) is 2. The quantitative estimate of drug-likeness (QED) is 0.536. The summed E-state index contributed by atoms with van der Waals surface area (Å²) in [5.74, 6) is 0. The first-order chi connectivity index (χ1) is 10.3. The van der Waals surface area contributed by atoms with E-state index in [9.17, 15) is 0 Å². The van der Waals surface area contributed by atoms with Gasteiger partial charge in [0.15, 0.2) is 0 Å². The van der Waals surface area contributed by atoms with Gasteiger partial charge in [0, 0.05) is 17.4 Å². The largest absolute Gasteiger partial charge is 0.361 e. The topological polar surface area (TPSA) is 27.8 Å². The molecule has 2 aromatic carbocycles. The van der Waals surface area contributed by atoms with Gasteiger partial charge in [0.1, 0.15) is 5.16 Å². The lowest BCUT2D eigenvalue weighted by Crippen LogP contribution is -1.92. The van der Waals surface area contributed by atoms with Crippen LogP contribution in [0.4, 0.5) is 5.69 Å². The van der Waals surface area contributed by atoms with Crippen LogP contribution in [-0.2, 0) is 0 Å². The molecule has 4 rings (SSSR count). The molecule has 1 aliphatic rings. The molecule has 3 aromatic rings. The standard InChI is InChI=1S/C10H8ClN.C8H7N/c11-10-7-3-5-8-4-1-2-6-9(8)12-10;1-2-4-8-7(3-1)5-6-9-8/h1-7,12H;1-6,9H. The minimum atomic E-state index is 0.649. The molecule has 3 heteroatoms. The highest BCUT2D eigenvalue weighted by molar-refractivity contribution is 6.31. The Balaban J connectivity index is 0.000000131. The zero-order valence-electron chi connectivity index (χ0n) is 11.4. The summed E-state index contributed by atoms with van der Waals surface area (Å²) in [7, 11) is 0. The van der Waals surface area contributed by atoms with E-state index in [-0.39, 0.29) is 0 Å². The molecule has 2 heterocycles. The molecule has 2 nitrogen and oxygen atoms in total. The number of aromatic amines is 1. The number of nitrogens with one attached hydrogen (secondary N) is 2. The maximum Gasteiger partial charge on any atom is 0.106 e. The van der Waals surface area contributed by atoms with Gasteiger partial charge in [-0.1, -0.05) is 60.2 Å². The van der Waals surface area contributed by atoms with E-state index in [0.29, 0.717) is 5.16 Å². The molecular weight excluding hydrogens is 280 g/mol. The number of aromatic nitrogens is 1. The third kappa shape index (κ3) is 3.36. The van der Waals surface area contributed by atoms with E-state index < -0.39 is 0 Å². The minimum Gasteiger partial charge on any atom is -0.361 e. The Bertz CT molecular complexity index is 769. The molecule has 0 bridgehead atoms. The smallest absolute Gasteiger partial charge is 0.106 e. The van der Waals surface area contributed by atoms with Crippen LogP contribution in [0.25, 0.3) is 17.0 Å². The normalized spacial score (nSPS) is 12.5. The van der Waals surface area contributed by atoms with Crippen molar-refractivity contribution in [2.45, 2.75) is 0 Å². The lowest BCUT2D eigenvalue weighted by atomic mass is 10.2. The molecule has 0 radical (unpaired) electrons. The Labute approximate surface area is 128 Å². The highest BCUT2D eigenvalue weighted by atomic mass is 35.5. The number of para-hydroxylation sites is 2. The molecule has 0 unspecified atom stereocenters. The average molecular weight is 295 g/mol. The van der Waals surface area contributed by atoms with E-state index in [1.165, 1.54) is 10.9 Å². The zero-order valence-corrected chi connectivity index (χ0v) is 12.1. The van der Waals surface area contributed by atoms with E-state index in [1.54, 1.807) is 0 Å². The molecule has 0 spiro atoms. The van der Waals surface area contributed by atoms with Crippen molar-refractivity contribution in [2.24, 2.45) is 0 Å². The van der Waals surface area contributed by atoms with Crippen molar-refractivity contribution in [3.05, 3.63) is 83.7 Å². The van der Waals surface area contributed by atoms with Crippen molar-refractivity contribution in [2.75, 3.05) is 5.32 Å². The maximum absolute atomic E-state index is 5.85. The molecule has 0 atom stereocenters. The van der Waals surface area contributed by atoms with Crippen LogP contribution in [0.15, 0.2) is 78.1 Å². The number of halogens is 1. The fourth-order valence-corrected chi connectivity index (χ4v) is 2.33. The summed E-state index contributed by atoms with van der Waals surface area (Å²) in [5.41, 5.74) is 3.41. The first kappa shape index (κ1) is 13.5. The van der Waals surface area contributed by atoms with Gasteiger partial charge >= 0.3 is 0 Å². The van der Waals surface area contributed by atoms with Crippen LogP contribution in [0.5, 0.6) is 0 Å². The Morgan fingerprint density at radius 1 is 0.857 bits per heavy atom. The monoisotopic (exact) mass is 294 g/mol. The number of H-pyrrole nitrogens is 1. The van der Waals surface area contributed by atoms with Gasteiger partial charge in [-0.15, -0.1) is 0 Å². The van der Waals surface area contributed by atoms with Gasteiger partial charge in [0.25, 0.3) is 0 Å². The molecule has 21 heavy (non-hydrogen) atoms. The van der Waals surface area contributed by atoms with Crippen LogP contribution in [-0.4, -0.2) is 4.98 Å². The van der Waals surface area contributed by atoms with Crippen LogP contribution in [0, 0.1) is 0 Å². The van der Waals surface area contributed by atoms with Crippen molar-refractivity contribution < 1.29 is 0 Å². The van der Waals surface area contributed by atoms with Crippen LogP contribution in [0.3, 0.4) is 0 Å².